The van der Waals surface area contributed by atoms with Crippen molar-refractivity contribution in [2.45, 2.75) is 13.3 Å². The summed E-state index contributed by atoms with van der Waals surface area (Å²) in [6, 6.07) is 3.69. The Bertz CT molecular complexity index is 522. The lowest BCUT2D eigenvalue weighted by molar-refractivity contribution is -0.148. The zero-order valence-corrected chi connectivity index (χ0v) is 16.0. The maximum atomic E-state index is 11.5. The molecule has 0 atom stereocenters. The Morgan fingerprint density at radius 3 is 2.38 bits per heavy atom. The summed E-state index contributed by atoms with van der Waals surface area (Å²) in [5.74, 6) is -0.817. The zero-order valence-electron chi connectivity index (χ0n) is 11.3. The predicted molar refractivity (Wildman–Crippen MR) is 90.2 cm³/mol. The van der Waals surface area contributed by atoms with Crippen LogP contribution in [0.3, 0.4) is 0 Å². The van der Waals surface area contributed by atoms with Gasteiger partial charge in [0.2, 0.25) is 0 Å². The summed E-state index contributed by atoms with van der Waals surface area (Å²) in [6.45, 7) is 2.07. The van der Waals surface area contributed by atoms with Gasteiger partial charge in [0, 0.05) is 13.4 Å². The van der Waals surface area contributed by atoms with Gasteiger partial charge in [-0.05, 0) is 66.8 Å². The van der Waals surface area contributed by atoms with Crippen molar-refractivity contribution in [2.75, 3.05) is 25.1 Å². The minimum Gasteiger partial charge on any atom is -0.466 e. The van der Waals surface area contributed by atoms with Crippen molar-refractivity contribution in [3.63, 3.8) is 0 Å². The summed E-state index contributed by atoms with van der Waals surface area (Å²) in [6.07, 6.45) is 0.0626. The Kier molecular flexibility index (Phi) is 8.28. The van der Waals surface area contributed by atoms with E-state index in [1.54, 1.807) is 6.92 Å². The van der Waals surface area contributed by atoms with Gasteiger partial charge in [-0.25, -0.2) is 0 Å². The van der Waals surface area contributed by atoms with Crippen LogP contribution in [0.4, 0.5) is 5.69 Å². The van der Waals surface area contributed by atoms with Gasteiger partial charge in [0.05, 0.1) is 18.7 Å². The molecule has 0 saturated carbocycles. The molecule has 0 saturated heterocycles. The topological polar surface area (TPSA) is 64.6 Å². The Hall–Kier alpha value is -0.600. The zero-order chi connectivity index (χ0) is 15.8. The van der Waals surface area contributed by atoms with Crippen LogP contribution in [0.25, 0.3) is 0 Å². The molecule has 1 N–H and O–H groups in total. The fourth-order valence-corrected chi connectivity index (χ4v) is 2.84. The Morgan fingerprint density at radius 1 is 1.05 bits per heavy atom. The van der Waals surface area contributed by atoms with Crippen molar-refractivity contribution in [2.24, 2.45) is 0 Å². The van der Waals surface area contributed by atoms with E-state index in [9.17, 15) is 9.59 Å². The smallest absolute Gasteiger partial charge is 0.325 e. The third kappa shape index (κ3) is 6.80. The van der Waals surface area contributed by atoms with Crippen LogP contribution in [-0.4, -0.2) is 31.7 Å². The van der Waals surface area contributed by atoms with Crippen LogP contribution in [0.15, 0.2) is 25.6 Å². The van der Waals surface area contributed by atoms with E-state index in [4.69, 9.17) is 9.47 Å². The number of hydrogen-bond acceptors (Lipinski definition) is 5. The summed E-state index contributed by atoms with van der Waals surface area (Å²) >= 11 is 10.2. The van der Waals surface area contributed by atoms with E-state index in [-0.39, 0.29) is 25.5 Å². The number of carbonyl (C=O) groups is 2. The number of rotatable bonds is 7. The summed E-state index contributed by atoms with van der Waals surface area (Å²) in [5, 5.41) is 2.96. The van der Waals surface area contributed by atoms with Crippen LogP contribution in [0, 0.1) is 0 Å². The van der Waals surface area contributed by atoms with E-state index in [1.165, 1.54) is 0 Å². The summed E-state index contributed by atoms with van der Waals surface area (Å²) in [7, 11) is 0. The van der Waals surface area contributed by atoms with E-state index >= 15 is 0 Å². The van der Waals surface area contributed by atoms with E-state index in [0.29, 0.717) is 6.61 Å². The molecule has 0 unspecified atom stereocenters. The Balaban J connectivity index is 2.36. The van der Waals surface area contributed by atoms with Gasteiger partial charge in [-0.2, -0.15) is 0 Å². The van der Waals surface area contributed by atoms with Crippen LogP contribution < -0.4 is 5.32 Å². The number of anilines is 1. The molecule has 0 heterocycles. The van der Waals surface area contributed by atoms with Crippen molar-refractivity contribution < 1.29 is 19.1 Å². The quantitative estimate of drug-likeness (QED) is 0.467. The van der Waals surface area contributed by atoms with Crippen molar-refractivity contribution >= 4 is 65.4 Å². The highest BCUT2D eigenvalue weighted by Crippen LogP contribution is 2.32. The van der Waals surface area contributed by atoms with Gasteiger partial charge in [0.15, 0.2) is 0 Å². The Labute approximate surface area is 148 Å². The first-order valence-corrected chi connectivity index (χ1v) is 8.51. The number of esters is 2. The second-order valence-corrected chi connectivity index (χ2v) is 6.44. The lowest BCUT2D eigenvalue weighted by Gasteiger charge is -2.10. The molecule has 0 bridgehead atoms. The average Bonchev–Trinajstić information content (AvgIpc) is 2.41. The molecule has 0 amide bonds. The number of ether oxygens (including phenoxy) is 2. The highest BCUT2D eigenvalue weighted by molar-refractivity contribution is 9.13. The summed E-state index contributed by atoms with van der Waals surface area (Å²) < 4.78 is 12.2. The normalized spacial score (nSPS) is 10.1. The van der Waals surface area contributed by atoms with Gasteiger partial charge in [-0.15, -0.1) is 0 Å². The lowest BCUT2D eigenvalue weighted by Crippen LogP contribution is -2.19. The van der Waals surface area contributed by atoms with Crippen molar-refractivity contribution in [3.05, 3.63) is 25.6 Å². The van der Waals surface area contributed by atoms with Gasteiger partial charge in [-0.1, -0.05) is 0 Å². The molecular formula is C13H14Br3NO4. The Morgan fingerprint density at radius 2 is 1.71 bits per heavy atom. The third-order valence-electron chi connectivity index (χ3n) is 2.31. The van der Waals surface area contributed by atoms with E-state index < -0.39 is 5.97 Å². The third-order valence-corrected chi connectivity index (χ3v) is 4.81. The predicted octanol–water partition coefficient (Wildman–Crippen LogP) is 3.88. The van der Waals surface area contributed by atoms with Gasteiger partial charge in [-0.3, -0.25) is 9.59 Å². The average molecular weight is 488 g/mol. The molecule has 0 spiro atoms. The first-order valence-electron chi connectivity index (χ1n) is 6.13. The minimum atomic E-state index is -0.440. The molecule has 0 aliphatic carbocycles. The fourth-order valence-electron chi connectivity index (χ4n) is 1.36. The SMILES string of the molecule is CCOC(=O)CCOC(=O)CNc1cc(Br)c(Br)cc1Br. The fraction of sp³-hybridized carbons (Fsp3) is 0.385. The van der Waals surface area contributed by atoms with Crippen LogP contribution in [0.1, 0.15) is 13.3 Å². The van der Waals surface area contributed by atoms with Crippen LogP contribution in [0.5, 0.6) is 0 Å². The summed E-state index contributed by atoms with van der Waals surface area (Å²) in [4.78, 5) is 22.6. The first-order chi connectivity index (χ1) is 9.93. The van der Waals surface area contributed by atoms with Crippen LogP contribution in [-0.2, 0) is 19.1 Å². The number of halogens is 3. The molecule has 21 heavy (non-hydrogen) atoms. The maximum Gasteiger partial charge on any atom is 0.325 e. The highest BCUT2D eigenvalue weighted by Gasteiger charge is 2.09. The van der Waals surface area contributed by atoms with Crippen molar-refractivity contribution in [3.8, 4) is 0 Å². The molecule has 1 rings (SSSR count). The number of carbonyl (C=O) groups excluding carboxylic acids is 2. The second-order valence-electron chi connectivity index (χ2n) is 3.88. The maximum absolute atomic E-state index is 11.5. The highest BCUT2D eigenvalue weighted by atomic mass is 79.9. The van der Waals surface area contributed by atoms with Gasteiger partial charge >= 0.3 is 11.9 Å². The molecule has 0 aromatic heterocycles. The van der Waals surface area contributed by atoms with Crippen molar-refractivity contribution in [1.82, 2.24) is 0 Å². The van der Waals surface area contributed by atoms with Crippen LogP contribution >= 0.6 is 47.8 Å². The van der Waals surface area contributed by atoms with Crippen molar-refractivity contribution in [1.29, 1.82) is 0 Å². The number of benzene rings is 1. The molecule has 1 aromatic rings. The first kappa shape index (κ1) is 18.4. The van der Waals surface area contributed by atoms with Crippen LogP contribution in [0.2, 0.25) is 0 Å². The van der Waals surface area contributed by atoms with Gasteiger partial charge in [0.25, 0.3) is 0 Å². The van der Waals surface area contributed by atoms with Gasteiger partial charge in [0.1, 0.15) is 13.2 Å². The molecule has 0 radical (unpaired) electrons. The minimum absolute atomic E-state index is 0.00942. The standard InChI is InChI=1S/C13H14Br3NO4/c1-2-20-12(18)3-4-21-13(19)7-17-11-6-9(15)8(14)5-10(11)16/h5-6,17H,2-4,7H2,1H3. The molecule has 0 aliphatic heterocycles. The largest absolute Gasteiger partial charge is 0.466 e. The molecular weight excluding hydrogens is 474 g/mol. The van der Waals surface area contributed by atoms with E-state index in [2.05, 4.69) is 53.1 Å². The molecule has 5 nitrogen and oxygen atoms in total. The monoisotopic (exact) mass is 485 g/mol. The molecule has 0 fully saturated rings. The lowest BCUT2D eigenvalue weighted by atomic mass is 10.3. The summed E-state index contributed by atoms with van der Waals surface area (Å²) in [5.41, 5.74) is 0.757. The number of hydrogen-bond donors (Lipinski definition) is 1. The second kappa shape index (κ2) is 9.42. The molecule has 8 heteroatoms. The molecule has 1 aromatic carbocycles. The number of nitrogens with one attached hydrogen (secondary N) is 1. The molecule has 0 aliphatic rings. The van der Waals surface area contributed by atoms with Gasteiger partial charge < -0.3 is 14.8 Å². The molecule has 116 valence electrons. The van der Waals surface area contributed by atoms with E-state index in [0.717, 1.165) is 19.1 Å². The van der Waals surface area contributed by atoms with E-state index in [1.807, 2.05) is 12.1 Å².